The van der Waals surface area contributed by atoms with Gasteiger partial charge in [0.15, 0.2) is 0 Å². The molecule has 11 heteroatoms. The molecule has 1 unspecified atom stereocenters. The van der Waals surface area contributed by atoms with Crippen LogP contribution in [0.2, 0.25) is 0 Å². The van der Waals surface area contributed by atoms with Gasteiger partial charge < -0.3 is 15.0 Å². The van der Waals surface area contributed by atoms with Crippen LogP contribution >= 0.6 is 0 Å². The van der Waals surface area contributed by atoms with Gasteiger partial charge in [-0.3, -0.25) is 9.59 Å². The van der Waals surface area contributed by atoms with Crippen molar-refractivity contribution in [2.24, 2.45) is 0 Å². The minimum Gasteiger partial charge on any atom is -0.497 e. The minimum atomic E-state index is -4.11. The van der Waals surface area contributed by atoms with E-state index in [9.17, 15) is 22.4 Å². The Morgan fingerprint density at radius 2 is 1.58 bits per heavy atom. The Morgan fingerprint density at radius 3 is 2.06 bits per heavy atom. The van der Waals surface area contributed by atoms with Crippen LogP contribution in [0.3, 0.4) is 0 Å². The van der Waals surface area contributed by atoms with Crippen LogP contribution in [0.5, 0.6) is 5.75 Å². The van der Waals surface area contributed by atoms with E-state index in [0.29, 0.717) is 5.75 Å². The van der Waals surface area contributed by atoms with Crippen LogP contribution in [-0.4, -0.2) is 68.8 Å². The monoisotopic (exact) mass is 522 g/mol. The van der Waals surface area contributed by atoms with Gasteiger partial charge >= 0.3 is 10.2 Å². The normalized spacial score (nSPS) is 12.7. The molecule has 9 nitrogen and oxygen atoms in total. The number of ether oxygens (including phenoxy) is 1. The van der Waals surface area contributed by atoms with Crippen LogP contribution in [0, 0.1) is 5.82 Å². The fourth-order valence-corrected chi connectivity index (χ4v) is 4.36. The third-order valence-electron chi connectivity index (χ3n) is 5.31. The molecule has 0 aliphatic rings. The number of nitrogens with zero attached hydrogens (tertiary/aromatic N) is 3. The first-order chi connectivity index (χ1) is 16.7. The molecule has 2 aromatic carbocycles. The fourth-order valence-electron chi connectivity index (χ4n) is 3.31. The maximum atomic E-state index is 13.6. The summed E-state index contributed by atoms with van der Waals surface area (Å²) in [5.41, 5.74) is 0.312. The number of benzene rings is 2. The Hall–Kier alpha value is -3.18. The lowest BCUT2D eigenvalue weighted by Gasteiger charge is -2.34. The zero-order chi connectivity index (χ0) is 27.3. The molecule has 0 fully saturated rings. The van der Waals surface area contributed by atoms with Gasteiger partial charge in [0, 0.05) is 26.2 Å². The average molecular weight is 523 g/mol. The van der Waals surface area contributed by atoms with Crippen molar-refractivity contribution in [2.75, 3.05) is 32.1 Å². The number of anilines is 1. The predicted octanol–water partition coefficient (Wildman–Crippen LogP) is 2.78. The van der Waals surface area contributed by atoms with Crippen molar-refractivity contribution >= 4 is 27.7 Å². The second kappa shape index (κ2) is 11.7. The van der Waals surface area contributed by atoms with Crippen LogP contribution in [-0.2, 0) is 26.3 Å². The highest BCUT2D eigenvalue weighted by Gasteiger charge is 2.33. The number of rotatable bonds is 10. The van der Waals surface area contributed by atoms with E-state index >= 15 is 0 Å². The van der Waals surface area contributed by atoms with Crippen LogP contribution in [0.25, 0.3) is 0 Å². The fraction of sp³-hybridized carbons (Fsp3) is 0.440. The number of hydrogen-bond acceptors (Lipinski definition) is 5. The summed E-state index contributed by atoms with van der Waals surface area (Å²) in [5.74, 6) is -0.888. The standard InChI is InChI=1S/C25H35FN4O5S/c1-18(24(32)27-25(2,3)4)29(16-19-8-14-22(35-7)15-9-19)23(31)17-30(36(33,34)28(5)6)21-12-10-20(26)11-13-21/h8-15,18H,16-17H2,1-7H3,(H,27,32). The first-order valence-corrected chi connectivity index (χ1v) is 12.8. The Bertz CT molecular complexity index is 1150. The Morgan fingerprint density at radius 1 is 1.03 bits per heavy atom. The molecule has 1 N–H and O–H groups in total. The predicted molar refractivity (Wildman–Crippen MR) is 137 cm³/mol. The summed E-state index contributed by atoms with van der Waals surface area (Å²) in [6.07, 6.45) is 0. The van der Waals surface area contributed by atoms with Crippen LogP contribution in [0.4, 0.5) is 10.1 Å². The first kappa shape index (κ1) is 29.1. The molecule has 0 saturated carbocycles. The molecule has 0 aromatic heterocycles. The Labute approximate surface area is 213 Å². The highest BCUT2D eigenvalue weighted by Crippen LogP contribution is 2.22. The largest absolute Gasteiger partial charge is 0.497 e. The summed E-state index contributed by atoms with van der Waals surface area (Å²) >= 11 is 0. The third kappa shape index (κ3) is 7.66. The van der Waals surface area contributed by atoms with Crippen LogP contribution in [0.15, 0.2) is 48.5 Å². The molecule has 2 rings (SSSR count). The van der Waals surface area contributed by atoms with Gasteiger partial charge in [0.2, 0.25) is 11.8 Å². The summed E-state index contributed by atoms with van der Waals surface area (Å²) in [4.78, 5) is 27.9. The molecule has 2 amide bonds. The molecule has 0 aliphatic heterocycles. The molecule has 0 bridgehead atoms. The second-order valence-electron chi connectivity index (χ2n) is 9.56. The number of hydrogen-bond donors (Lipinski definition) is 1. The highest BCUT2D eigenvalue weighted by atomic mass is 32.2. The molecule has 0 spiro atoms. The quantitative estimate of drug-likeness (QED) is 0.517. The highest BCUT2D eigenvalue weighted by molar-refractivity contribution is 7.90. The van der Waals surface area contributed by atoms with Gasteiger partial charge in [-0.2, -0.15) is 12.7 Å². The van der Waals surface area contributed by atoms with Crippen molar-refractivity contribution in [1.29, 1.82) is 0 Å². The smallest absolute Gasteiger partial charge is 0.304 e. The summed E-state index contributed by atoms with van der Waals surface area (Å²) in [5, 5.41) is 2.86. The van der Waals surface area contributed by atoms with Crippen molar-refractivity contribution in [2.45, 2.75) is 45.8 Å². The molecular formula is C25H35FN4O5S. The maximum Gasteiger partial charge on any atom is 0.304 e. The van der Waals surface area contributed by atoms with Gasteiger partial charge in [-0.05, 0) is 69.7 Å². The molecular weight excluding hydrogens is 487 g/mol. The Balaban J connectivity index is 2.45. The zero-order valence-corrected chi connectivity index (χ0v) is 22.6. The molecule has 0 heterocycles. The van der Waals surface area contributed by atoms with Gasteiger partial charge in [-0.15, -0.1) is 0 Å². The lowest BCUT2D eigenvalue weighted by Crippen LogP contribution is -2.54. The van der Waals surface area contributed by atoms with E-state index in [1.54, 1.807) is 38.3 Å². The van der Waals surface area contributed by atoms with Crippen molar-refractivity contribution in [3.05, 3.63) is 59.9 Å². The lowest BCUT2D eigenvalue weighted by atomic mass is 10.1. The van der Waals surface area contributed by atoms with Gasteiger partial charge in [0.1, 0.15) is 24.2 Å². The van der Waals surface area contributed by atoms with E-state index < -0.39 is 40.1 Å². The van der Waals surface area contributed by atoms with Crippen molar-refractivity contribution in [3.8, 4) is 5.75 Å². The van der Waals surface area contributed by atoms with Gasteiger partial charge in [0.25, 0.3) is 0 Å². The molecule has 0 radical (unpaired) electrons. The molecule has 198 valence electrons. The molecule has 0 aliphatic carbocycles. The third-order valence-corrected chi connectivity index (χ3v) is 7.13. The minimum absolute atomic E-state index is 0.0564. The molecule has 2 aromatic rings. The van der Waals surface area contributed by atoms with E-state index in [1.807, 2.05) is 20.8 Å². The number of carbonyl (C=O) groups is 2. The molecule has 0 saturated heterocycles. The van der Waals surface area contributed by atoms with Crippen molar-refractivity contribution in [3.63, 3.8) is 0 Å². The van der Waals surface area contributed by atoms with E-state index in [4.69, 9.17) is 4.74 Å². The first-order valence-electron chi connectivity index (χ1n) is 11.4. The molecule has 1 atom stereocenters. The summed E-state index contributed by atoms with van der Waals surface area (Å²) in [6, 6.07) is 10.9. The van der Waals surface area contributed by atoms with Crippen LogP contribution in [0.1, 0.15) is 33.3 Å². The van der Waals surface area contributed by atoms with Crippen LogP contribution < -0.4 is 14.4 Å². The average Bonchev–Trinajstić information content (AvgIpc) is 2.80. The number of amides is 2. The number of carbonyl (C=O) groups excluding carboxylic acids is 2. The number of methoxy groups -OCH3 is 1. The zero-order valence-electron chi connectivity index (χ0n) is 21.8. The summed E-state index contributed by atoms with van der Waals surface area (Å²) in [6.45, 7) is 6.54. The number of nitrogens with one attached hydrogen (secondary N) is 1. The SMILES string of the molecule is COc1ccc(CN(C(=O)CN(c2ccc(F)cc2)S(=O)(=O)N(C)C)C(C)C(=O)NC(C)(C)C)cc1. The maximum absolute atomic E-state index is 13.6. The van der Waals surface area contributed by atoms with E-state index in [-0.39, 0.29) is 18.1 Å². The topological polar surface area (TPSA) is 99.3 Å². The van der Waals surface area contributed by atoms with Crippen molar-refractivity contribution in [1.82, 2.24) is 14.5 Å². The molecule has 36 heavy (non-hydrogen) atoms. The van der Waals surface area contributed by atoms with E-state index in [0.717, 1.165) is 26.3 Å². The van der Waals surface area contributed by atoms with Gasteiger partial charge in [-0.1, -0.05) is 12.1 Å². The Kier molecular flexibility index (Phi) is 9.44. The number of halogens is 1. The van der Waals surface area contributed by atoms with Crippen molar-refractivity contribution < 1.29 is 27.1 Å². The van der Waals surface area contributed by atoms with E-state index in [2.05, 4.69) is 5.32 Å². The second-order valence-corrected chi connectivity index (χ2v) is 11.6. The van der Waals surface area contributed by atoms with Gasteiger partial charge in [0.05, 0.1) is 12.8 Å². The summed E-state index contributed by atoms with van der Waals surface area (Å²) < 4.78 is 46.7. The lowest BCUT2D eigenvalue weighted by molar-refractivity contribution is -0.140. The summed E-state index contributed by atoms with van der Waals surface area (Å²) in [7, 11) is 0.106. The van der Waals surface area contributed by atoms with Gasteiger partial charge in [-0.25, -0.2) is 8.70 Å². The van der Waals surface area contributed by atoms with E-state index in [1.165, 1.54) is 31.1 Å².